The second kappa shape index (κ2) is 11.1. The largest absolute Gasteiger partial charge is 0.357 e. The first kappa shape index (κ1) is 23.1. The van der Waals surface area contributed by atoms with Crippen molar-refractivity contribution in [3.8, 4) is 0 Å². The van der Waals surface area contributed by atoms with Gasteiger partial charge in [-0.15, -0.1) is 0 Å². The van der Waals surface area contributed by atoms with Crippen molar-refractivity contribution in [2.45, 2.75) is 53.5 Å². The Bertz CT molecular complexity index is 920. The fraction of sp³-hybridized carbons (Fsp3) is 0.520. The van der Waals surface area contributed by atoms with Gasteiger partial charge in [-0.3, -0.25) is 4.57 Å². The Morgan fingerprint density at radius 1 is 0.935 bits per heavy atom. The molecule has 0 spiro atoms. The van der Waals surface area contributed by atoms with E-state index in [1.54, 1.807) is 0 Å². The minimum Gasteiger partial charge on any atom is -0.357 e. The molecule has 0 fully saturated rings. The standard InChI is InChI=1S/C25H38N6/c1-19(2)13-17-30(18-14-20(3)4)23-12-11-22-24(29-23)31(16-8-15-26)25(28-22)27-21-9-6-5-7-10-21/h5-7,9-12,19-20H,8,13-18,26H2,1-4H3,(H,27,28). The van der Waals surface area contributed by atoms with Crippen LogP contribution in [0.5, 0.6) is 0 Å². The van der Waals surface area contributed by atoms with Crippen LogP contribution in [0.2, 0.25) is 0 Å². The summed E-state index contributed by atoms with van der Waals surface area (Å²) in [6.45, 7) is 12.6. The number of aromatic nitrogens is 3. The van der Waals surface area contributed by atoms with E-state index in [0.717, 1.165) is 67.5 Å². The number of nitrogens with two attached hydrogens (primary N) is 1. The second-order valence-corrected chi connectivity index (χ2v) is 9.08. The number of imidazole rings is 1. The first-order valence-electron chi connectivity index (χ1n) is 11.6. The van der Waals surface area contributed by atoms with E-state index >= 15 is 0 Å². The lowest BCUT2D eigenvalue weighted by Crippen LogP contribution is -2.28. The minimum atomic E-state index is 0.638. The van der Waals surface area contributed by atoms with Gasteiger partial charge in [0, 0.05) is 25.3 Å². The lowest BCUT2D eigenvalue weighted by atomic mass is 10.1. The van der Waals surface area contributed by atoms with Crippen LogP contribution < -0.4 is 16.0 Å². The third-order valence-electron chi connectivity index (χ3n) is 5.47. The highest BCUT2D eigenvalue weighted by Crippen LogP contribution is 2.25. The van der Waals surface area contributed by atoms with Crippen LogP contribution in [0.25, 0.3) is 11.2 Å². The summed E-state index contributed by atoms with van der Waals surface area (Å²) >= 11 is 0. The quantitative estimate of drug-likeness (QED) is 0.408. The van der Waals surface area contributed by atoms with Crippen molar-refractivity contribution in [3.05, 3.63) is 42.5 Å². The molecule has 0 aliphatic heterocycles. The Labute approximate surface area is 186 Å². The summed E-state index contributed by atoms with van der Waals surface area (Å²) in [6, 6.07) is 14.4. The summed E-state index contributed by atoms with van der Waals surface area (Å²) in [5.74, 6) is 3.19. The zero-order valence-electron chi connectivity index (χ0n) is 19.5. The molecule has 3 N–H and O–H groups in total. The average Bonchev–Trinajstić information content (AvgIpc) is 3.08. The van der Waals surface area contributed by atoms with Crippen molar-refractivity contribution in [2.75, 3.05) is 29.9 Å². The molecule has 0 saturated heterocycles. The highest BCUT2D eigenvalue weighted by Gasteiger charge is 2.16. The monoisotopic (exact) mass is 422 g/mol. The SMILES string of the molecule is CC(C)CCN(CCC(C)C)c1ccc2nc(Nc3ccccc3)n(CCCN)c2n1. The van der Waals surface area contributed by atoms with Gasteiger partial charge in [0.15, 0.2) is 5.65 Å². The van der Waals surface area contributed by atoms with E-state index in [9.17, 15) is 0 Å². The Morgan fingerprint density at radius 2 is 1.61 bits per heavy atom. The molecule has 3 aromatic rings. The summed E-state index contributed by atoms with van der Waals surface area (Å²) < 4.78 is 2.17. The summed E-state index contributed by atoms with van der Waals surface area (Å²) in [6.07, 6.45) is 3.20. The molecule has 0 bridgehead atoms. The summed E-state index contributed by atoms with van der Waals surface area (Å²) in [5.41, 5.74) is 8.67. The molecule has 6 nitrogen and oxygen atoms in total. The van der Waals surface area contributed by atoms with Crippen molar-refractivity contribution in [1.29, 1.82) is 0 Å². The zero-order chi connectivity index (χ0) is 22.2. The summed E-state index contributed by atoms with van der Waals surface area (Å²) in [4.78, 5) is 12.4. The molecule has 0 unspecified atom stereocenters. The lowest BCUT2D eigenvalue weighted by Gasteiger charge is -2.25. The van der Waals surface area contributed by atoms with E-state index in [0.29, 0.717) is 18.4 Å². The van der Waals surface area contributed by atoms with Crippen LogP contribution >= 0.6 is 0 Å². The van der Waals surface area contributed by atoms with Crippen LogP contribution in [0.3, 0.4) is 0 Å². The normalized spacial score (nSPS) is 11.6. The van der Waals surface area contributed by atoms with Gasteiger partial charge in [-0.05, 0) is 61.9 Å². The van der Waals surface area contributed by atoms with Gasteiger partial charge >= 0.3 is 0 Å². The third kappa shape index (κ3) is 6.44. The van der Waals surface area contributed by atoms with Gasteiger partial charge in [-0.1, -0.05) is 45.9 Å². The van der Waals surface area contributed by atoms with Crippen molar-refractivity contribution < 1.29 is 0 Å². The molecule has 2 aromatic heterocycles. The highest BCUT2D eigenvalue weighted by molar-refractivity contribution is 5.78. The van der Waals surface area contributed by atoms with E-state index < -0.39 is 0 Å². The topological polar surface area (TPSA) is 72.0 Å². The second-order valence-electron chi connectivity index (χ2n) is 9.08. The van der Waals surface area contributed by atoms with E-state index in [1.807, 2.05) is 30.3 Å². The Morgan fingerprint density at radius 3 is 2.23 bits per heavy atom. The fourth-order valence-electron chi connectivity index (χ4n) is 3.54. The number of hydrogen-bond acceptors (Lipinski definition) is 5. The van der Waals surface area contributed by atoms with Gasteiger partial charge in [-0.25, -0.2) is 9.97 Å². The lowest BCUT2D eigenvalue weighted by molar-refractivity contribution is 0.533. The van der Waals surface area contributed by atoms with Gasteiger partial charge in [0.25, 0.3) is 0 Å². The molecule has 3 rings (SSSR count). The number of para-hydroxylation sites is 1. The molecular formula is C25H38N6. The summed E-state index contributed by atoms with van der Waals surface area (Å²) in [7, 11) is 0. The predicted molar refractivity (Wildman–Crippen MR) is 132 cm³/mol. The van der Waals surface area contributed by atoms with Crippen LogP contribution in [0.4, 0.5) is 17.5 Å². The van der Waals surface area contributed by atoms with Gasteiger partial charge < -0.3 is 16.0 Å². The van der Waals surface area contributed by atoms with Crippen molar-refractivity contribution in [3.63, 3.8) is 0 Å². The Balaban J connectivity index is 1.95. The number of nitrogens with zero attached hydrogens (tertiary/aromatic N) is 4. The zero-order valence-corrected chi connectivity index (χ0v) is 19.5. The Hall–Kier alpha value is -2.60. The fourth-order valence-corrected chi connectivity index (χ4v) is 3.54. The maximum absolute atomic E-state index is 5.82. The Kier molecular flexibility index (Phi) is 8.29. The smallest absolute Gasteiger partial charge is 0.209 e. The van der Waals surface area contributed by atoms with Gasteiger partial charge in [0.05, 0.1) is 0 Å². The molecule has 6 heteroatoms. The molecule has 2 heterocycles. The number of rotatable bonds is 12. The van der Waals surface area contributed by atoms with Crippen LogP contribution in [0.15, 0.2) is 42.5 Å². The van der Waals surface area contributed by atoms with Crippen molar-refractivity contribution in [2.24, 2.45) is 17.6 Å². The summed E-state index contributed by atoms with van der Waals surface area (Å²) in [5, 5.41) is 3.46. The molecule has 1 aromatic carbocycles. The van der Waals surface area contributed by atoms with Crippen molar-refractivity contribution in [1.82, 2.24) is 14.5 Å². The number of anilines is 3. The van der Waals surface area contributed by atoms with Gasteiger partial charge in [-0.2, -0.15) is 0 Å². The average molecular weight is 423 g/mol. The van der Waals surface area contributed by atoms with Crippen LogP contribution in [-0.2, 0) is 6.54 Å². The highest BCUT2D eigenvalue weighted by atomic mass is 15.3. The maximum Gasteiger partial charge on any atom is 0.209 e. The molecule has 0 aliphatic carbocycles. The number of pyridine rings is 1. The molecule has 0 radical (unpaired) electrons. The number of benzene rings is 1. The first-order chi connectivity index (χ1) is 15.0. The van der Waals surface area contributed by atoms with Gasteiger partial charge in [0.1, 0.15) is 11.3 Å². The maximum atomic E-state index is 5.82. The van der Waals surface area contributed by atoms with Gasteiger partial charge in [0.2, 0.25) is 5.95 Å². The minimum absolute atomic E-state index is 0.638. The third-order valence-corrected chi connectivity index (χ3v) is 5.47. The van der Waals surface area contributed by atoms with Crippen LogP contribution in [-0.4, -0.2) is 34.2 Å². The number of hydrogen-bond donors (Lipinski definition) is 2. The van der Waals surface area contributed by atoms with Crippen LogP contribution in [0.1, 0.15) is 47.0 Å². The van der Waals surface area contributed by atoms with E-state index in [4.69, 9.17) is 15.7 Å². The van der Waals surface area contributed by atoms with Crippen LogP contribution in [0, 0.1) is 11.8 Å². The van der Waals surface area contributed by atoms with Crippen molar-refractivity contribution >= 4 is 28.6 Å². The number of fused-ring (bicyclic) bond motifs is 1. The first-order valence-corrected chi connectivity index (χ1v) is 11.6. The molecule has 0 aliphatic rings. The van der Waals surface area contributed by atoms with E-state index in [-0.39, 0.29) is 0 Å². The molecule has 31 heavy (non-hydrogen) atoms. The number of aryl methyl sites for hydroxylation is 1. The van der Waals surface area contributed by atoms with E-state index in [2.05, 4.69) is 54.6 Å². The van der Waals surface area contributed by atoms with E-state index in [1.165, 1.54) is 0 Å². The molecule has 0 atom stereocenters. The number of nitrogens with one attached hydrogen (secondary N) is 1. The molecular weight excluding hydrogens is 384 g/mol. The predicted octanol–water partition coefficient (Wildman–Crippen LogP) is 5.42. The molecule has 0 saturated carbocycles. The molecule has 0 amide bonds. The molecule has 168 valence electrons.